The molecule has 42 valence electrons. The highest BCUT2D eigenvalue weighted by Crippen LogP contribution is 2.13. The third-order valence-corrected chi connectivity index (χ3v) is 2.30. The van der Waals surface area contributed by atoms with Crippen LogP contribution in [0.15, 0.2) is 16.8 Å². The predicted octanol–water partition coefficient (Wildman–Crippen LogP) is 1.11. The van der Waals surface area contributed by atoms with Gasteiger partial charge in [0.05, 0.1) is 0 Å². The molecule has 0 saturated heterocycles. The zero-order chi connectivity index (χ0) is 5.98. The molecule has 0 aromatic carbocycles. The highest BCUT2D eigenvalue weighted by atomic mass is 32.1. The van der Waals surface area contributed by atoms with E-state index in [1.807, 2.05) is 0 Å². The Morgan fingerprint density at radius 3 is 2.75 bits per heavy atom. The molecule has 1 unspecified atom stereocenters. The van der Waals surface area contributed by atoms with Crippen LogP contribution in [-0.4, -0.2) is 4.89 Å². The summed E-state index contributed by atoms with van der Waals surface area (Å²) in [6.07, 6.45) is 0. The molecule has 0 amide bonds. The molecule has 0 saturated carbocycles. The summed E-state index contributed by atoms with van der Waals surface area (Å²) in [6, 6.07) is 1.64. The summed E-state index contributed by atoms with van der Waals surface area (Å²) in [5, 5.41) is 3.96. The van der Waals surface area contributed by atoms with Crippen molar-refractivity contribution < 1.29 is 9.46 Å². The molecule has 1 aromatic rings. The van der Waals surface area contributed by atoms with Crippen LogP contribution in [0.4, 0.5) is 0 Å². The molecule has 1 rings (SSSR count). The Balaban J connectivity index is 2.93. The first-order chi connectivity index (χ1) is 3.80. The van der Waals surface area contributed by atoms with Gasteiger partial charge in [-0.2, -0.15) is 4.89 Å². The summed E-state index contributed by atoms with van der Waals surface area (Å²) in [4.78, 5) is 8.43. The molecule has 1 aromatic heterocycles. The van der Waals surface area contributed by atoms with Crippen LogP contribution in [0.1, 0.15) is 0 Å². The molecule has 1 atom stereocenters. The molecule has 4 heteroatoms. The van der Waals surface area contributed by atoms with Gasteiger partial charge in [0.1, 0.15) is 0 Å². The van der Waals surface area contributed by atoms with Crippen molar-refractivity contribution in [2.24, 2.45) is 0 Å². The lowest BCUT2D eigenvalue weighted by Crippen LogP contribution is -1.85. The lowest BCUT2D eigenvalue weighted by atomic mass is 10.7. The molecule has 0 aliphatic heterocycles. The first-order valence-corrected chi connectivity index (χ1v) is 4.14. The number of thiophene rings is 1. The number of hydrogen-bond donors (Lipinski definition) is 1. The average Bonchev–Trinajstić information content (AvgIpc) is 2.12. The van der Waals surface area contributed by atoms with Crippen LogP contribution < -0.4 is 5.30 Å². The maximum atomic E-state index is 10.2. The van der Waals surface area contributed by atoms with E-state index in [1.54, 1.807) is 16.8 Å². The number of hydrogen-bond acceptors (Lipinski definition) is 2. The smallest absolute Gasteiger partial charge is 0.156 e. The first kappa shape index (κ1) is 5.89. The molecule has 0 bridgehead atoms. The minimum Gasteiger partial charge on any atom is -0.156 e. The second-order valence-electron chi connectivity index (χ2n) is 1.25. The van der Waals surface area contributed by atoms with E-state index in [1.165, 1.54) is 11.3 Å². The monoisotopic (exact) mass is 147 g/mol. The van der Waals surface area contributed by atoms with Crippen LogP contribution in [0.2, 0.25) is 0 Å². The maximum Gasteiger partial charge on any atom is 0.546 e. The summed E-state index contributed by atoms with van der Waals surface area (Å²) in [7, 11) is -2.10. The van der Waals surface area contributed by atoms with Crippen LogP contribution >= 0.6 is 19.4 Å². The van der Waals surface area contributed by atoms with Gasteiger partial charge < -0.3 is 0 Å². The van der Waals surface area contributed by atoms with Gasteiger partial charge in [-0.3, -0.25) is 0 Å². The lowest BCUT2D eigenvalue weighted by Gasteiger charge is -1.61. The van der Waals surface area contributed by atoms with Gasteiger partial charge in [0, 0.05) is 11.4 Å². The Kier molecular flexibility index (Phi) is 1.73. The quantitative estimate of drug-likeness (QED) is 0.604. The SMILES string of the molecule is O=[P+](O)c1ccsc1. The van der Waals surface area contributed by atoms with E-state index in [4.69, 9.17) is 4.89 Å². The fraction of sp³-hybridized carbons (Fsp3) is 0. The first-order valence-electron chi connectivity index (χ1n) is 1.99. The van der Waals surface area contributed by atoms with E-state index >= 15 is 0 Å². The van der Waals surface area contributed by atoms with Gasteiger partial charge in [0.2, 0.25) is 5.30 Å². The van der Waals surface area contributed by atoms with Gasteiger partial charge in [-0.15, -0.1) is 11.3 Å². The van der Waals surface area contributed by atoms with Gasteiger partial charge in [-0.25, -0.2) is 0 Å². The van der Waals surface area contributed by atoms with Crippen molar-refractivity contribution in [1.82, 2.24) is 0 Å². The van der Waals surface area contributed by atoms with Crippen LogP contribution in [0, 0.1) is 0 Å². The van der Waals surface area contributed by atoms with Crippen LogP contribution in [-0.2, 0) is 4.57 Å². The fourth-order valence-corrected chi connectivity index (χ4v) is 1.73. The van der Waals surface area contributed by atoms with Crippen molar-refractivity contribution in [3.05, 3.63) is 16.8 Å². The van der Waals surface area contributed by atoms with E-state index in [9.17, 15) is 4.57 Å². The highest BCUT2D eigenvalue weighted by molar-refractivity contribution is 7.48. The minimum atomic E-state index is -2.10. The summed E-state index contributed by atoms with van der Waals surface area (Å²) in [5.41, 5.74) is 0. The summed E-state index contributed by atoms with van der Waals surface area (Å²) in [5.74, 6) is 0. The van der Waals surface area contributed by atoms with Crippen molar-refractivity contribution in [1.29, 1.82) is 0 Å². The van der Waals surface area contributed by atoms with E-state index in [2.05, 4.69) is 0 Å². The van der Waals surface area contributed by atoms with Gasteiger partial charge in [0.15, 0.2) is 0 Å². The molecule has 8 heavy (non-hydrogen) atoms. The molecular formula is C4H4O2PS+. The van der Waals surface area contributed by atoms with Crippen molar-refractivity contribution in [3.8, 4) is 0 Å². The van der Waals surface area contributed by atoms with Gasteiger partial charge in [-0.05, 0) is 9.95 Å². The van der Waals surface area contributed by atoms with Crippen LogP contribution in [0.3, 0.4) is 0 Å². The highest BCUT2D eigenvalue weighted by Gasteiger charge is 2.14. The Morgan fingerprint density at radius 2 is 2.50 bits per heavy atom. The topological polar surface area (TPSA) is 37.3 Å². The van der Waals surface area contributed by atoms with Crippen LogP contribution in [0.5, 0.6) is 0 Å². The molecule has 0 radical (unpaired) electrons. The Labute approximate surface area is 51.7 Å². The Bertz CT molecular complexity index is 182. The van der Waals surface area contributed by atoms with Crippen molar-refractivity contribution in [2.45, 2.75) is 0 Å². The summed E-state index contributed by atoms with van der Waals surface area (Å²) >= 11 is 1.42. The summed E-state index contributed by atoms with van der Waals surface area (Å²) in [6.45, 7) is 0. The second-order valence-corrected chi connectivity index (χ2v) is 3.10. The van der Waals surface area contributed by atoms with Gasteiger partial charge >= 0.3 is 8.03 Å². The average molecular weight is 147 g/mol. The molecule has 0 fully saturated rings. The zero-order valence-corrected chi connectivity index (χ0v) is 5.65. The van der Waals surface area contributed by atoms with E-state index in [0.29, 0.717) is 5.30 Å². The van der Waals surface area contributed by atoms with E-state index in [-0.39, 0.29) is 0 Å². The van der Waals surface area contributed by atoms with Gasteiger partial charge in [-0.1, -0.05) is 0 Å². The fourth-order valence-electron chi connectivity index (χ4n) is 0.366. The van der Waals surface area contributed by atoms with Gasteiger partial charge in [0.25, 0.3) is 0 Å². The lowest BCUT2D eigenvalue weighted by molar-refractivity contribution is 0.513. The minimum absolute atomic E-state index is 0.519. The predicted molar refractivity (Wildman–Crippen MR) is 33.8 cm³/mol. The third-order valence-electron chi connectivity index (χ3n) is 0.727. The maximum absolute atomic E-state index is 10.2. The Hall–Kier alpha value is -0.240. The standard InChI is InChI=1S/C4H3O2PS/c5-7(6)4-1-2-8-3-4/h1-3H/p+1. The van der Waals surface area contributed by atoms with E-state index in [0.717, 1.165) is 0 Å². The molecule has 1 heterocycles. The second kappa shape index (κ2) is 2.35. The molecule has 0 aliphatic rings. The zero-order valence-electron chi connectivity index (χ0n) is 3.94. The molecule has 2 nitrogen and oxygen atoms in total. The van der Waals surface area contributed by atoms with Crippen molar-refractivity contribution in [3.63, 3.8) is 0 Å². The summed E-state index contributed by atoms with van der Waals surface area (Å²) < 4.78 is 10.2. The van der Waals surface area contributed by atoms with Crippen LogP contribution in [0.25, 0.3) is 0 Å². The van der Waals surface area contributed by atoms with E-state index < -0.39 is 8.03 Å². The Morgan fingerprint density at radius 1 is 1.75 bits per heavy atom. The normalized spacial score (nSPS) is 11.4. The molecular weight excluding hydrogens is 143 g/mol. The largest absolute Gasteiger partial charge is 0.546 e. The third kappa shape index (κ3) is 1.13. The molecule has 0 spiro atoms. The van der Waals surface area contributed by atoms with Crippen molar-refractivity contribution >= 4 is 24.7 Å². The molecule has 0 aliphatic carbocycles. The molecule has 1 N–H and O–H groups in total. The number of rotatable bonds is 1. The van der Waals surface area contributed by atoms with Crippen molar-refractivity contribution in [2.75, 3.05) is 0 Å².